The second-order valence-corrected chi connectivity index (χ2v) is 10.8. The highest BCUT2D eigenvalue weighted by Crippen LogP contribution is 2.45. The number of carbonyl (C=O) groups is 1. The van der Waals surface area contributed by atoms with Gasteiger partial charge < -0.3 is 29.4 Å². The first kappa shape index (κ1) is 31.3. The van der Waals surface area contributed by atoms with Crippen molar-refractivity contribution in [2.75, 3.05) is 19.8 Å². The number of hydrogen-bond acceptors (Lipinski definition) is 8. The quantitative estimate of drug-likeness (QED) is 0.118. The van der Waals surface area contributed by atoms with Gasteiger partial charge in [0, 0.05) is 11.6 Å². The van der Waals surface area contributed by atoms with Gasteiger partial charge in [-0.1, -0.05) is 45.7 Å². The summed E-state index contributed by atoms with van der Waals surface area (Å²) in [4.78, 5) is 12.9. The van der Waals surface area contributed by atoms with Crippen LogP contribution in [0.25, 0.3) is 0 Å². The Bertz CT molecular complexity index is 1470. The average molecular weight is 585 g/mol. The number of allylic oxidation sites excluding steroid dienone is 1. The normalized spacial score (nSPS) is 14.0. The van der Waals surface area contributed by atoms with Gasteiger partial charge in [0.05, 0.1) is 31.3 Å². The van der Waals surface area contributed by atoms with E-state index in [0.29, 0.717) is 65.6 Å². The molecule has 1 aliphatic rings. The Morgan fingerprint density at radius 1 is 0.930 bits per heavy atom. The van der Waals surface area contributed by atoms with Crippen molar-refractivity contribution in [3.8, 4) is 34.8 Å². The molecule has 1 aliphatic heterocycles. The van der Waals surface area contributed by atoms with Gasteiger partial charge in [-0.25, -0.2) is 4.79 Å². The molecule has 0 amide bonds. The maximum absolute atomic E-state index is 12.9. The lowest BCUT2D eigenvalue weighted by Crippen LogP contribution is -2.21. The fourth-order valence-corrected chi connectivity index (χ4v) is 4.73. The number of rotatable bonds is 14. The third-order valence-electron chi connectivity index (χ3n) is 7.06. The van der Waals surface area contributed by atoms with E-state index in [4.69, 9.17) is 29.4 Å². The van der Waals surface area contributed by atoms with Crippen LogP contribution < -0.4 is 29.4 Å². The van der Waals surface area contributed by atoms with Crippen LogP contribution in [0.4, 0.5) is 0 Å². The number of ether oxygens (including phenoxy) is 5. The molecular weight excluding hydrogens is 544 g/mol. The number of unbranched alkanes of at least 4 members (excludes halogenated alkanes) is 2. The molecule has 0 radical (unpaired) electrons. The standard InChI is InChI=1S/C35H40N2O6/c1-5-7-8-18-40-26-12-9-24(10-13-26)35(38)42-27-14-15-28-31(21-27)43-34(37)29(22-36)33(28)25-11-16-30(32(20-25)39-6-2)41-19-17-23(3)4/h9-16,20-21,23,33H,5-8,17-19,37H2,1-4H3. The first-order valence-electron chi connectivity index (χ1n) is 14.9. The van der Waals surface area contributed by atoms with Crippen molar-refractivity contribution < 1.29 is 28.5 Å². The van der Waals surface area contributed by atoms with Crippen molar-refractivity contribution in [2.24, 2.45) is 11.7 Å². The van der Waals surface area contributed by atoms with Crippen LogP contribution in [0, 0.1) is 17.2 Å². The molecule has 226 valence electrons. The molecule has 8 heteroatoms. The number of hydrogen-bond donors (Lipinski definition) is 1. The van der Waals surface area contributed by atoms with Gasteiger partial charge in [0.15, 0.2) is 11.5 Å². The van der Waals surface area contributed by atoms with Crippen LogP contribution in [-0.2, 0) is 0 Å². The number of nitriles is 1. The van der Waals surface area contributed by atoms with E-state index in [1.807, 2.05) is 25.1 Å². The van der Waals surface area contributed by atoms with Crippen LogP contribution in [0.5, 0.6) is 28.7 Å². The lowest BCUT2D eigenvalue weighted by atomic mass is 9.83. The van der Waals surface area contributed by atoms with Crippen LogP contribution in [0.15, 0.2) is 72.1 Å². The lowest BCUT2D eigenvalue weighted by molar-refractivity contribution is 0.0734. The zero-order chi connectivity index (χ0) is 30.8. The number of nitrogens with zero attached hydrogens (tertiary/aromatic N) is 1. The SMILES string of the molecule is CCCCCOc1ccc(C(=O)Oc2ccc3c(c2)OC(N)=C(C#N)C3c2ccc(OCCC(C)C)c(OCC)c2)cc1. The summed E-state index contributed by atoms with van der Waals surface area (Å²) in [5, 5.41) is 10.0. The Balaban J connectivity index is 1.55. The number of carbonyl (C=O) groups excluding carboxylic acids is 1. The number of benzene rings is 3. The van der Waals surface area contributed by atoms with Crippen LogP contribution in [0.3, 0.4) is 0 Å². The summed E-state index contributed by atoms with van der Waals surface area (Å²) < 4.78 is 29.1. The molecule has 1 unspecified atom stereocenters. The Morgan fingerprint density at radius 2 is 1.70 bits per heavy atom. The highest BCUT2D eigenvalue weighted by atomic mass is 16.5. The highest BCUT2D eigenvalue weighted by molar-refractivity contribution is 5.91. The van der Waals surface area contributed by atoms with Crippen LogP contribution in [-0.4, -0.2) is 25.8 Å². The summed E-state index contributed by atoms with van der Waals surface area (Å²) in [5.41, 5.74) is 8.40. The summed E-state index contributed by atoms with van der Waals surface area (Å²) in [6.45, 7) is 10.0. The van der Waals surface area contributed by atoms with Gasteiger partial charge in [-0.2, -0.15) is 5.26 Å². The van der Waals surface area contributed by atoms with Crippen LogP contribution in [0.1, 0.15) is 80.8 Å². The first-order chi connectivity index (χ1) is 20.8. The molecule has 0 spiro atoms. The fourth-order valence-electron chi connectivity index (χ4n) is 4.73. The molecule has 0 saturated carbocycles. The summed E-state index contributed by atoms with van der Waals surface area (Å²) in [5.74, 6) is 2.13. The Kier molecular flexibility index (Phi) is 10.9. The lowest BCUT2D eigenvalue weighted by Gasteiger charge is -2.27. The maximum atomic E-state index is 12.9. The van der Waals surface area contributed by atoms with Gasteiger partial charge in [0.1, 0.15) is 28.9 Å². The van der Waals surface area contributed by atoms with E-state index in [9.17, 15) is 10.1 Å². The van der Waals surface area contributed by atoms with Crippen molar-refractivity contribution >= 4 is 5.97 Å². The Morgan fingerprint density at radius 3 is 2.40 bits per heavy atom. The molecule has 3 aromatic rings. The van der Waals surface area contributed by atoms with E-state index < -0.39 is 11.9 Å². The first-order valence-corrected chi connectivity index (χ1v) is 14.9. The van der Waals surface area contributed by atoms with E-state index >= 15 is 0 Å². The molecule has 2 N–H and O–H groups in total. The van der Waals surface area contributed by atoms with Crippen molar-refractivity contribution in [1.82, 2.24) is 0 Å². The van der Waals surface area contributed by atoms with Gasteiger partial charge in [-0.3, -0.25) is 0 Å². The smallest absolute Gasteiger partial charge is 0.343 e. The third kappa shape index (κ3) is 8.01. The third-order valence-corrected chi connectivity index (χ3v) is 7.06. The Labute approximate surface area is 254 Å². The maximum Gasteiger partial charge on any atom is 0.343 e. The molecule has 4 rings (SSSR count). The minimum absolute atomic E-state index is 0.00628. The molecule has 1 atom stereocenters. The molecule has 0 saturated heterocycles. The van der Waals surface area contributed by atoms with Crippen molar-refractivity contribution in [3.63, 3.8) is 0 Å². The minimum atomic E-state index is -0.513. The van der Waals surface area contributed by atoms with Crippen molar-refractivity contribution in [2.45, 2.75) is 59.3 Å². The summed E-state index contributed by atoms with van der Waals surface area (Å²) in [7, 11) is 0. The average Bonchev–Trinajstić information content (AvgIpc) is 2.99. The molecule has 43 heavy (non-hydrogen) atoms. The summed E-state index contributed by atoms with van der Waals surface area (Å²) >= 11 is 0. The predicted octanol–water partition coefficient (Wildman–Crippen LogP) is 7.52. The topological polar surface area (TPSA) is 113 Å². The monoisotopic (exact) mass is 584 g/mol. The molecule has 0 aromatic heterocycles. The van der Waals surface area contributed by atoms with E-state index in [1.165, 1.54) is 0 Å². The minimum Gasteiger partial charge on any atom is -0.494 e. The molecule has 8 nitrogen and oxygen atoms in total. The fraction of sp³-hybridized carbons (Fsp3) is 0.371. The van der Waals surface area contributed by atoms with Gasteiger partial charge in [0.25, 0.3) is 0 Å². The van der Waals surface area contributed by atoms with Gasteiger partial charge in [0.2, 0.25) is 5.88 Å². The second-order valence-electron chi connectivity index (χ2n) is 10.8. The predicted molar refractivity (Wildman–Crippen MR) is 165 cm³/mol. The van der Waals surface area contributed by atoms with E-state index in [2.05, 4.69) is 26.8 Å². The molecule has 0 aliphatic carbocycles. The molecular formula is C35H40N2O6. The number of esters is 1. The molecule has 1 heterocycles. The summed E-state index contributed by atoms with van der Waals surface area (Å²) in [6.07, 6.45) is 4.15. The van der Waals surface area contributed by atoms with Gasteiger partial charge >= 0.3 is 5.97 Å². The number of fused-ring (bicyclic) bond motifs is 1. The van der Waals surface area contributed by atoms with E-state index in [0.717, 1.165) is 31.2 Å². The molecule has 0 bridgehead atoms. The number of nitrogens with two attached hydrogens (primary N) is 1. The zero-order valence-electron chi connectivity index (χ0n) is 25.4. The van der Waals surface area contributed by atoms with Crippen LogP contribution in [0.2, 0.25) is 0 Å². The van der Waals surface area contributed by atoms with Crippen molar-refractivity contribution in [3.05, 3.63) is 88.8 Å². The zero-order valence-corrected chi connectivity index (χ0v) is 25.4. The second kappa shape index (κ2) is 15.0. The van der Waals surface area contributed by atoms with Crippen molar-refractivity contribution in [1.29, 1.82) is 5.26 Å². The van der Waals surface area contributed by atoms with E-state index in [1.54, 1.807) is 42.5 Å². The van der Waals surface area contributed by atoms with Gasteiger partial charge in [-0.05, 0) is 73.7 Å². The largest absolute Gasteiger partial charge is 0.494 e. The molecule has 0 fully saturated rings. The Hall–Kier alpha value is -4.64. The highest BCUT2D eigenvalue weighted by Gasteiger charge is 2.32. The molecule has 3 aromatic carbocycles. The van der Waals surface area contributed by atoms with E-state index in [-0.39, 0.29) is 11.5 Å². The van der Waals surface area contributed by atoms with Crippen LogP contribution >= 0.6 is 0 Å². The summed E-state index contributed by atoms with van der Waals surface area (Å²) in [6, 6.07) is 19.8. The van der Waals surface area contributed by atoms with Gasteiger partial charge in [-0.15, -0.1) is 0 Å².